The zero-order valence-electron chi connectivity index (χ0n) is 18.7. The summed E-state index contributed by atoms with van der Waals surface area (Å²) in [6.45, 7) is 5.91. The summed E-state index contributed by atoms with van der Waals surface area (Å²) in [6.07, 6.45) is 0. The Morgan fingerprint density at radius 2 is 1.70 bits per heavy atom. The van der Waals surface area contributed by atoms with E-state index in [-0.39, 0.29) is 5.91 Å². The summed E-state index contributed by atoms with van der Waals surface area (Å²) in [7, 11) is 0. The van der Waals surface area contributed by atoms with Crippen molar-refractivity contribution in [3.05, 3.63) is 94.5 Å². The first-order chi connectivity index (χ1) is 16.0. The average Bonchev–Trinajstić information content (AvgIpc) is 3.29. The van der Waals surface area contributed by atoms with E-state index in [1.165, 1.54) is 11.3 Å². The third-order valence-electron chi connectivity index (χ3n) is 5.45. The van der Waals surface area contributed by atoms with Crippen LogP contribution in [0.4, 0.5) is 10.8 Å². The summed E-state index contributed by atoms with van der Waals surface area (Å²) < 4.78 is 5.92. The predicted octanol–water partition coefficient (Wildman–Crippen LogP) is 6.56. The molecule has 6 heteroatoms. The smallest absolute Gasteiger partial charge is 0.230 e. The van der Waals surface area contributed by atoms with Crippen molar-refractivity contribution < 1.29 is 9.53 Å². The number of hydrogen-bond acceptors (Lipinski definition) is 5. The van der Waals surface area contributed by atoms with Crippen molar-refractivity contribution in [2.45, 2.75) is 27.4 Å². The molecule has 0 saturated carbocycles. The fourth-order valence-corrected chi connectivity index (χ4v) is 4.35. The fraction of sp³-hybridized carbons (Fsp3) is 0.148. The van der Waals surface area contributed by atoms with Gasteiger partial charge in [0.05, 0.1) is 23.0 Å². The molecule has 1 heterocycles. The Morgan fingerprint density at radius 3 is 2.33 bits per heavy atom. The fourth-order valence-electron chi connectivity index (χ4n) is 3.49. The molecular weight excluding hydrogens is 430 g/mol. The minimum absolute atomic E-state index is 0.0797. The van der Waals surface area contributed by atoms with E-state index in [4.69, 9.17) is 10.00 Å². The number of nitrogens with zero attached hydrogens (tertiary/aromatic N) is 3. The van der Waals surface area contributed by atoms with Crippen LogP contribution in [0.1, 0.15) is 29.3 Å². The van der Waals surface area contributed by atoms with E-state index in [1.54, 1.807) is 11.8 Å². The van der Waals surface area contributed by atoms with Crippen LogP contribution in [0.5, 0.6) is 5.75 Å². The molecule has 0 N–H and O–H groups in total. The monoisotopic (exact) mass is 453 g/mol. The number of benzene rings is 3. The van der Waals surface area contributed by atoms with Gasteiger partial charge in [0.2, 0.25) is 5.91 Å². The minimum atomic E-state index is -0.0797. The first kappa shape index (κ1) is 22.3. The van der Waals surface area contributed by atoms with Crippen molar-refractivity contribution in [1.82, 2.24) is 4.98 Å². The second-order valence-electron chi connectivity index (χ2n) is 7.70. The SMILES string of the molecule is CC(=O)N(c1nc(COc2ccc(-c3ccc(C#N)cc3)cc2)cs1)c1cccc(C)c1C. The quantitative estimate of drug-likeness (QED) is 0.331. The predicted molar refractivity (Wildman–Crippen MR) is 132 cm³/mol. The van der Waals surface area contributed by atoms with E-state index in [2.05, 4.69) is 11.1 Å². The lowest BCUT2D eigenvalue weighted by Crippen LogP contribution is -2.23. The Balaban J connectivity index is 1.45. The number of anilines is 2. The van der Waals surface area contributed by atoms with Crippen LogP contribution >= 0.6 is 11.3 Å². The van der Waals surface area contributed by atoms with Gasteiger partial charge in [-0.1, -0.05) is 36.4 Å². The standard InChI is InChI=1S/C27H23N3O2S/c1-18-5-4-6-26(19(18)2)30(20(3)31)27-29-24(17-33-27)16-32-25-13-11-23(12-14-25)22-9-7-21(15-28)8-10-22/h4-14,17H,16H2,1-3H3. The van der Waals surface area contributed by atoms with Gasteiger partial charge in [0.25, 0.3) is 0 Å². The van der Waals surface area contributed by atoms with Gasteiger partial charge in [-0.2, -0.15) is 5.26 Å². The van der Waals surface area contributed by atoms with E-state index >= 15 is 0 Å². The number of amides is 1. The third-order valence-corrected chi connectivity index (χ3v) is 6.33. The number of aromatic nitrogens is 1. The number of thiazole rings is 1. The lowest BCUT2D eigenvalue weighted by molar-refractivity contribution is -0.115. The van der Waals surface area contributed by atoms with E-state index in [1.807, 2.05) is 86.0 Å². The van der Waals surface area contributed by atoms with Crippen LogP contribution < -0.4 is 9.64 Å². The molecule has 0 atom stereocenters. The van der Waals surface area contributed by atoms with Crippen LogP contribution in [-0.2, 0) is 11.4 Å². The molecule has 33 heavy (non-hydrogen) atoms. The van der Waals surface area contributed by atoms with Crippen molar-refractivity contribution in [2.75, 3.05) is 4.90 Å². The highest BCUT2D eigenvalue weighted by Crippen LogP contribution is 2.32. The molecule has 0 bridgehead atoms. The Kier molecular flexibility index (Phi) is 6.53. The molecule has 0 saturated heterocycles. The first-order valence-electron chi connectivity index (χ1n) is 10.5. The van der Waals surface area contributed by atoms with Crippen molar-refractivity contribution in [1.29, 1.82) is 5.26 Å². The lowest BCUT2D eigenvalue weighted by Gasteiger charge is -2.21. The Bertz CT molecular complexity index is 1320. The van der Waals surface area contributed by atoms with Gasteiger partial charge in [0.1, 0.15) is 12.4 Å². The number of aryl methyl sites for hydroxylation is 1. The Labute approximate surface area is 197 Å². The van der Waals surface area contributed by atoms with Gasteiger partial charge in [-0.15, -0.1) is 11.3 Å². The van der Waals surface area contributed by atoms with Crippen LogP contribution in [0.15, 0.2) is 72.1 Å². The second-order valence-corrected chi connectivity index (χ2v) is 8.53. The number of rotatable bonds is 6. The molecule has 0 radical (unpaired) electrons. The molecule has 0 aliphatic carbocycles. The summed E-state index contributed by atoms with van der Waals surface area (Å²) in [5, 5.41) is 11.5. The molecule has 3 aromatic carbocycles. The Hall–Kier alpha value is -3.95. The zero-order chi connectivity index (χ0) is 23.4. The highest BCUT2D eigenvalue weighted by Gasteiger charge is 2.20. The van der Waals surface area contributed by atoms with Crippen LogP contribution in [0.3, 0.4) is 0 Å². The summed E-state index contributed by atoms with van der Waals surface area (Å²) in [5.74, 6) is 0.656. The van der Waals surface area contributed by atoms with Gasteiger partial charge in [-0.25, -0.2) is 4.98 Å². The maximum Gasteiger partial charge on any atom is 0.230 e. The highest BCUT2D eigenvalue weighted by atomic mass is 32.1. The van der Waals surface area contributed by atoms with E-state index < -0.39 is 0 Å². The van der Waals surface area contributed by atoms with Gasteiger partial charge in [0, 0.05) is 12.3 Å². The second kappa shape index (κ2) is 9.68. The zero-order valence-corrected chi connectivity index (χ0v) is 19.5. The maximum absolute atomic E-state index is 12.4. The van der Waals surface area contributed by atoms with E-state index in [0.717, 1.165) is 39.4 Å². The minimum Gasteiger partial charge on any atom is -0.487 e. The molecule has 1 amide bonds. The third kappa shape index (κ3) is 4.94. The van der Waals surface area contributed by atoms with Crippen LogP contribution in [0.2, 0.25) is 0 Å². The number of carbonyl (C=O) groups excluding carboxylic acids is 1. The van der Waals surface area contributed by atoms with Gasteiger partial charge < -0.3 is 4.74 Å². The Morgan fingerprint density at radius 1 is 1.03 bits per heavy atom. The summed E-state index contributed by atoms with van der Waals surface area (Å²) in [6, 6.07) is 23.3. The number of ether oxygens (including phenoxy) is 1. The lowest BCUT2D eigenvalue weighted by atomic mass is 10.0. The molecule has 0 fully saturated rings. The maximum atomic E-state index is 12.4. The summed E-state index contributed by atoms with van der Waals surface area (Å²) in [5.41, 5.74) is 6.54. The van der Waals surface area contributed by atoms with E-state index in [0.29, 0.717) is 17.3 Å². The summed E-state index contributed by atoms with van der Waals surface area (Å²) in [4.78, 5) is 18.7. The van der Waals surface area contributed by atoms with Gasteiger partial charge in [0.15, 0.2) is 5.13 Å². The van der Waals surface area contributed by atoms with Crippen LogP contribution in [-0.4, -0.2) is 10.9 Å². The number of hydrogen-bond donors (Lipinski definition) is 0. The first-order valence-corrected chi connectivity index (χ1v) is 11.4. The molecule has 0 aliphatic heterocycles. The molecule has 4 rings (SSSR count). The number of nitriles is 1. The van der Waals surface area contributed by atoms with Crippen molar-refractivity contribution >= 4 is 28.1 Å². The molecular formula is C27H23N3O2S. The largest absolute Gasteiger partial charge is 0.487 e. The van der Waals surface area contributed by atoms with Crippen molar-refractivity contribution in [3.63, 3.8) is 0 Å². The topological polar surface area (TPSA) is 66.2 Å². The molecule has 0 spiro atoms. The molecule has 0 aliphatic rings. The van der Waals surface area contributed by atoms with Gasteiger partial charge in [-0.05, 0) is 66.4 Å². The number of carbonyl (C=O) groups is 1. The average molecular weight is 454 g/mol. The molecule has 0 unspecified atom stereocenters. The van der Waals surface area contributed by atoms with E-state index in [9.17, 15) is 4.79 Å². The van der Waals surface area contributed by atoms with Gasteiger partial charge in [-0.3, -0.25) is 9.69 Å². The van der Waals surface area contributed by atoms with Gasteiger partial charge >= 0.3 is 0 Å². The highest BCUT2D eigenvalue weighted by molar-refractivity contribution is 7.14. The van der Waals surface area contributed by atoms with Crippen LogP contribution in [0.25, 0.3) is 11.1 Å². The summed E-state index contributed by atoms with van der Waals surface area (Å²) >= 11 is 1.42. The molecule has 4 aromatic rings. The van der Waals surface area contributed by atoms with Crippen LogP contribution in [0, 0.1) is 25.2 Å². The van der Waals surface area contributed by atoms with Crippen molar-refractivity contribution in [2.24, 2.45) is 0 Å². The molecule has 1 aromatic heterocycles. The molecule has 5 nitrogen and oxygen atoms in total. The molecule has 164 valence electrons. The normalized spacial score (nSPS) is 10.5. The van der Waals surface area contributed by atoms with Crippen molar-refractivity contribution in [3.8, 4) is 22.9 Å².